The van der Waals surface area contributed by atoms with Crippen molar-refractivity contribution in [2.75, 3.05) is 5.73 Å². The third-order valence-corrected chi connectivity index (χ3v) is 2.01. The van der Waals surface area contributed by atoms with Gasteiger partial charge in [0.15, 0.2) is 5.78 Å². The summed E-state index contributed by atoms with van der Waals surface area (Å²) >= 11 is 0. The van der Waals surface area contributed by atoms with Crippen LogP contribution in [-0.4, -0.2) is 12.4 Å². The lowest BCUT2D eigenvalue weighted by atomic mass is 10.0. The van der Waals surface area contributed by atoms with Gasteiger partial charge in [0.25, 0.3) is 6.43 Å². The molecule has 0 unspecified atom stereocenters. The van der Waals surface area contributed by atoms with E-state index in [1.54, 1.807) is 0 Å². The van der Waals surface area contributed by atoms with Crippen molar-refractivity contribution >= 4 is 11.5 Å². The van der Waals surface area contributed by atoms with Crippen LogP contribution in [0.5, 0.6) is 5.75 Å². The molecular weight excluding hydrogens is 242 g/mol. The van der Waals surface area contributed by atoms with Gasteiger partial charge < -0.3 is 10.5 Å². The van der Waals surface area contributed by atoms with Gasteiger partial charge in [-0.15, -0.1) is 0 Å². The Morgan fingerprint density at radius 1 is 1.29 bits per heavy atom. The molecule has 1 rings (SSSR count). The summed E-state index contributed by atoms with van der Waals surface area (Å²) in [5, 5.41) is 0. The lowest BCUT2D eigenvalue weighted by Crippen LogP contribution is -2.08. The number of carbonyl (C=O) groups is 1. The van der Waals surface area contributed by atoms with E-state index in [4.69, 9.17) is 5.73 Å². The average molecular weight is 251 g/mol. The molecule has 0 radical (unpaired) electrons. The first-order valence-corrected chi connectivity index (χ1v) is 4.50. The molecule has 0 aliphatic rings. The van der Waals surface area contributed by atoms with E-state index in [0.717, 1.165) is 19.1 Å². The number of hydrogen-bond donors (Lipinski definition) is 1. The molecule has 0 fully saturated rings. The molecule has 0 spiro atoms. The standard InChI is InChI=1S/C10H9F4NO2/c1-4(16)5-3-8(17-10(13)14)7(15)2-6(5)9(11)12/h2-3,9-10H,15H2,1H3. The third-order valence-electron chi connectivity index (χ3n) is 2.01. The Kier molecular flexibility index (Phi) is 3.93. The number of anilines is 1. The molecule has 17 heavy (non-hydrogen) atoms. The number of carbonyl (C=O) groups excluding carboxylic acids is 1. The molecule has 3 nitrogen and oxygen atoms in total. The minimum Gasteiger partial charge on any atom is -0.433 e. The maximum absolute atomic E-state index is 12.6. The third kappa shape index (κ3) is 3.08. The number of ether oxygens (including phenoxy) is 1. The topological polar surface area (TPSA) is 52.3 Å². The average Bonchev–Trinajstić information content (AvgIpc) is 2.19. The van der Waals surface area contributed by atoms with Gasteiger partial charge in [-0.1, -0.05) is 0 Å². The number of alkyl halides is 4. The minimum atomic E-state index is -3.14. The predicted octanol–water partition coefficient (Wildman–Crippen LogP) is 3.01. The molecule has 0 aromatic heterocycles. The largest absolute Gasteiger partial charge is 0.433 e. The van der Waals surface area contributed by atoms with Crippen LogP contribution in [-0.2, 0) is 0 Å². The molecule has 0 aliphatic heterocycles. The summed E-state index contributed by atoms with van der Waals surface area (Å²) in [6.45, 7) is -2.10. The van der Waals surface area contributed by atoms with Gasteiger partial charge in [0.1, 0.15) is 5.75 Å². The molecule has 1 aromatic carbocycles. The van der Waals surface area contributed by atoms with Crippen LogP contribution in [0.4, 0.5) is 23.2 Å². The van der Waals surface area contributed by atoms with Gasteiger partial charge in [0, 0.05) is 11.1 Å². The second-order valence-corrected chi connectivity index (χ2v) is 3.21. The number of benzene rings is 1. The van der Waals surface area contributed by atoms with Crippen molar-refractivity contribution in [2.45, 2.75) is 20.0 Å². The monoisotopic (exact) mass is 251 g/mol. The normalized spacial score (nSPS) is 11.0. The first kappa shape index (κ1) is 13.3. The Bertz CT molecular complexity index is 435. The molecule has 1 aromatic rings. The summed E-state index contributed by atoms with van der Waals surface area (Å²) in [6.07, 6.45) is -2.92. The fourth-order valence-electron chi connectivity index (χ4n) is 1.30. The predicted molar refractivity (Wildman–Crippen MR) is 52.4 cm³/mol. The molecule has 7 heteroatoms. The van der Waals surface area contributed by atoms with E-state index in [0.29, 0.717) is 0 Å². The SMILES string of the molecule is CC(=O)c1cc(OC(F)F)c(N)cc1C(F)F. The quantitative estimate of drug-likeness (QED) is 0.508. The van der Waals surface area contributed by atoms with Crippen LogP contribution in [0.15, 0.2) is 12.1 Å². The van der Waals surface area contributed by atoms with Crippen LogP contribution in [0, 0.1) is 0 Å². The lowest BCUT2D eigenvalue weighted by molar-refractivity contribution is -0.0493. The van der Waals surface area contributed by atoms with Crippen LogP contribution in [0.2, 0.25) is 0 Å². The van der Waals surface area contributed by atoms with Gasteiger partial charge >= 0.3 is 6.61 Å². The second kappa shape index (κ2) is 5.03. The van der Waals surface area contributed by atoms with E-state index in [1.807, 2.05) is 0 Å². The van der Waals surface area contributed by atoms with Gasteiger partial charge in [-0.3, -0.25) is 4.79 Å². The van der Waals surface area contributed by atoms with Crippen molar-refractivity contribution in [3.8, 4) is 5.75 Å². The lowest BCUT2D eigenvalue weighted by Gasteiger charge is -2.12. The Labute approximate surface area is 94.2 Å². The van der Waals surface area contributed by atoms with Crippen LogP contribution >= 0.6 is 0 Å². The Balaban J connectivity index is 3.29. The Morgan fingerprint density at radius 3 is 2.29 bits per heavy atom. The number of Topliss-reactive ketones (excluding diaryl/α,β-unsaturated/α-hetero) is 1. The Morgan fingerprint density at radius 2 is 1.88 bits per heavy atom. The highest BCUT2D eigenvalue weighted by atomic mass is 19.3. The van der Waals surface area contributed by atoms with E-state index in [-0.39, 0.29) is 11.3 Å². The van der Waals surface area contributed by atoms with E-state index >= 15 is 0 Å². The molecule has 0 heterocycles. The summed E-state index contributed by atoms with van der Waals surface area (Å²) in [6, 6.07) is 1.56. The summed E-state index contributed by atoms with van der Waals surface area (Å²) in [7, 11) is 0. The molecule has 0 saturated carbocycles. The van der Waals surface area contributed by atoms with Crippen molar-refractivity contribution in [3.05, 3.63) is 23.3 Å². The van der Waals surface area contributed by atoms with Crippen molar-refractivity contribution in [3.63, 3.8) is 0 Å². The molecule has 0 amide bonds. The second-order valence-electron chi connectivity index (χ2n) is 3.21. The summed E-state index contributed by atoms with van der Waals surface area (Å²) in [5.74, 6) is -1.17. The van der Waals surface area contributed by atoms with Gasteiger partial charge in [-0.25, -0.2) is 8.78 Å². The summed E-state index contributed by atoms with van der Waals surface area (Å²) in [4.78, 5) is 11.1. The fourth-order valence-corrected chi connectivity index (χ4v) is 1.30. The first-order valence-electron chi connectivity index (χ1n) is 4.50. The van der Waals surface area contributed by atoms with E-state index in [9.17, 15) is 22.4 Å². The Hall–Kier alpha value is -1.79. The summed E-state index contributed by atoms with van der Waals surface area (Å²) < 4.78 is 53.1. The van der Waals surface area contributed by atoms with Crippen molar-refractivity contribution in [1.82, 2.24) is 0 Å². The molecule has 0 atom stereocenters. The van der Waals surface area contributed by atoms with Crippen molar-refractivity contribution in [2.24, 2.45) is 0 Å². The number of hydrogen-bond acceptors (Lipinski definition) is 3. The molecule has 2 N–H and O–H groups in total. The number of ketones is 1. The van der Waals surface area contributed by atoms with Crippen molar-refractivity contribution < 1.29 is 27.1 Å². The molecule has 0 bridgehead atoms. The van der Waals surface area contributed by atoms with Crippen LogP contribution in [0.25, 0.3) is 0 Å². The number of nitrogens with two attached hydrogens (primary N) is 1. The van der Waals surface area contributed by atoms with E-state index < -0.39 is 30.1 Å². The first-order chi connectivity index (χ1) is 7.82. The van der Waals surface area contributed by atoms with Gasteiger partial charge in [0.05, 0.1) is 5.69 Å². The van der Waals surface area contributed by atoms with Crippen LogP contribution in [0.1, 0.15) is 29.3 Å². The van der Waals surface area contributed by atoms with Gasteiger partial charge in [-0.05, 0) is 19.1 Å². The number of halogens is 4. The van der Waals surface area contributed by atoms with Crippen LogP contribution < -0.4 is 10.5 Å². The number of rotatable bonds is 4. The highest BCUT2D eigenvalue weighted by molar-refractivity contribution is 5.96. The van der Waals surface area contributed by atoms with Crippen molar-refractivity contribution in [1.29, 1.82) is 0 Å². The highest BCUT2D eigenvalue weighted by Crippen LogP contribution is 2.32. The molecule has 0 aliphatic carbocycles. The van der Waals surface area contributed by atoms with E-state index in [1.165, 1.54) is 0 Å². The van der Waals surface area contributed by atoms with Crippen LogP contribution in [0.3, 0.4) is 0 Å². The maximum Gasteiger partial charge on any atom is 0.387 e. The highest BCUT2D eigenvalue weighted by Gasteiger charge is 2.20. The minimum absolute atomic E-state index is 0.370. The fraction of sp³-hybridized carbons (Fsp3) is 0.300. The molecule has 94 valence electrons. The van der Waals surface area contributed by atoms with E-state index in [2.05, 4.69) is 4.74 Å². The summed E-state index contributed by atoms with van der Waals surface area (Å²) in [5.41, 5.74) is 3.92. The van der Waals surface area contributed by atoms with Gasteiger partial charge in [-0.2, -0.15) is 8.78 Å². The molecular formula is C10H9F4NO2. The maximum atomic E-state index is 12.6. The molecule has 0 saturated heterocycles. The van der Waals surface area contributed by atoms with Gasteiger partial charge in [0.2, 0.25) is 0 Å². The number of nitrogen functional groups attached to an aromatic ring is 1. The zero-order valence-electron chi connectivity index (χ0n) is 8.72. The smallest absolute Gasteiger partial charge is 0.387 e. The zero-order chi connectivity index (χ0) is 13.2. The zero-order valence-corrected chi connectivity index (χ0v) is 8.72.